The molecule has 96 valence electrons. The van der Waals surface area contributed by atoms with Gasteiger partial charge in [-0.05, 0) is 6.42 Å². The first-order valence-electron chi connectivity index (χ1n) is 5.89. The number of hydrogen-bond donors (Lipinski definition) is 1. The van der Waals surface area contributed by atoms with E-state index < -0.39 is 11.8 Å². The number of carbonyl (C=O) groups excluding carboxylic acids is 3. The standard InChI is InChI=1S/C11H19N3O3/c1-3-5-13-7-8-14(11(17)10(13)16)6-4-12-9(2)15/h3-8H2,1-2H3,(H,12,15). The van der Waals surface area contributed by atoms with Gasteiger partial charge in [0.2, 0.25) is 5.91 Å². The lowest BCUT2D eigenvalue weighted by Crippen LogP contribution is -2.55. The van der Waals surface area contributed by atoms with Crippen LogP contribution in [0.1, 0.15) is 20.3 Å². The molecule has 3 amide bonds. The van der Waals surface area contributed by atoms with Gasteiger partial charge in [-0.1, -0.05) is 6.92 Å². The molecule has 0 bridgehead atoms. The number of rotatable bonds is 5. The van der Waals surface area contributed by atoms with Gasteiger partial charge in [0.05, 0.1) is 0 Å². The van der Waals surface area contributed by atoms with Gasteiger partial charge in [-0.3, -0.25) is 14.4 Å². The van der Waals surface area contributed by atoms with Crippen LogP contribution in [0.2, 0.25) is 0 Å². The van der Waals surface area contributed by atoms with Crippen LogP contribution in [0.3, 0.4) is 0 Å². The van der Waals surface area contributed by atoms with Crippen LogP contribution in [-0.2, 0) is 14.4 Å². The van der Waals surface area contributed by atoms with Crippen molar-refractivity contribution in [1.82, 2.24) is 15.1 Å². The van der Waals surface area contributed by atoms with E-state index >= 15 is 0 Å². The Kier molecular flexibility index (Phi) is 4.93. The van der Waals surface area contributed by atoms with Crippen molar-refractivity contribution in [2.75, 3.05) is 32.7 Å². The summed E-state index contributed by atoms with van der Waals surface area (Å²) in [4.78, 5) is 37.1. The van der Waals surface area contributed by atoms with E-state index in [1.54, 1.807) is 4.90 Å². The van der Waals surface area contributed by atoms with E-state index in [-0.39, 0.29) is 5.91 Å². The summed E-state index contributed by atoms with van der Waals surface area (Å²) in [6, 6.07) is 0. The highest BCUT2D eigenvalue weighted by Crippen LogP contribution is 2.05. The van der Waals surface area contributed by atoms with E-state index in [0.29, 0.717) is 32.7 Å². The summed E-state index contributed by atoms with van der Waals surface area (Å²) in [6.45, 7) is 5.94. The largest absolute Gasteiger partial charge is 0.355 e. The molecule has 6 nitrogen and oxygen atoms in total. The molecule has 6 heteroatoms. The monoisotopic (exact) mass is 241 g/mol. The lowest BCUT2D eigenvalue weighted by Gasteiger charge is -2.33. The van der Waals surface area contributed by atoms with Crippen LogP contribution in [-0.4, -0.2) is 60.2 Å². The van der Waals surface area contributed by atoms with Crippen molar-refractivity contribution in [2.45, 2.75) is 20.3 Å². The van der Waals surface area contributed by atoms with Crippen molar-refractivity contribution in [3.8, 4) is 0 Å². The van der Waals surface area contributed by atoms with E-state index in [9.17, 15) is 14.4 Å². The van der Waals surface area contributed by atoms with Gasteiger partial charge in [0.25, 0.3) is 0 Å². The van der Waals surface area contributed by atoms with Crippen LogP contribution >= 0.6 is 0 Å². The summed E-state index contributed by atoms with van der Waals surface area (Å²) in [5.41, 5.74) is 0. The number of nitrogens with one attached hydrogen (secondary N) is 1. The topological polar surface area (TPSA) is 69.7 Å². The highest BCUT2D eigenvalue weighted by atomic mass is 16.2. The van der Waals surface area contributed by atoms with Crippen LogP contribution in [0.5, 0.6) is 0 Å². The molecule has 1 N–H and O–H groups in total. The summed E-state index contributed by atoms with van der Waals surface area (Å²) < 4.78 is 0. The molecule has 0 aromatic rings. The van der Waals surface area contributed by atoms with Crippen LogP contribution in [0.4, 0.5) is 0 Å². The Morgan fingerprint density at radius 3 is 2.18 bits per heavy atom. The molecule has 1 fully saturated rings. The van der Waals surface area contributed by atoms with E-state index in [4.69, 9.17) is 0 Å². The number of nitrogens with zero attached hydrogens (tertiary/aromatic N) is 2. The Balaban J connectivity index is 2.42. The highest BCUT2D eigenvalue weighted by Gasteiger charge is 2.31. The van der Waals surface area contributed by atoms with Crippen LogP contribution < -0.4 is 5.32 Å². The first-order chi connectivity index (χ1) is 8.06. The Hall–Kier alpha value is -1.59. The zero-order valence-electron chi connectivity index (χ0n) is 10.4. The fourth-order valence-electron chi connectivity index (χ4n) is 1.78. The molecule has 0 aromatic heterocycles. The first-order valence-corrected chi connectivity index (χ1v) is 5.89. The second-order valence-corrected chi connectivity index (χ2v) is 4.07. The zero-order chi connectivity index (χ0) is 12.8. The summed E-state index contributed by atoms with van der Waals surface area (Å²) in [5.74, 6) is -1.02. The third-order valence-corrected chi connectivity index (χ3v) is 2.65. The maximum Gasteiger partial charge on any atom is 0.312 e. The maximum atomic E-state index is 11.7. The third-order valence-electron chi connectivity index (χ3n) is 2.65. The van der Waals surface area contributed by atoms with Crippen molar-refractivity contribution in [3.05, 3.63) is 0 Å². The normalized spacial score (nSPS) is 16.4. The molecule has 0 aliphatic carbocycles. The third kappa shape index (κ3) is 3.72. The number of hydrogen-bond acceptors (Lipinski definition) is 3. The minimum absolute atomic E-state index is 0.131. The summed E-state index contributed by atoms with van der Waals surface area (Å²) in [7, 11) is 0. The molecule has 1 saturated heterocycles. The molecule has 0 unspecified atom stereocenters. The smallest absolute Gasteiger partial charge is 0.312 e. The van der Waals surface area contributed by atoms with Gasteiger partial charge in [-0.25, -0.2) is 0 Å². The molecule has 1 rings (SSSR count). The average molecular weight is 241 g/mol. The Morgan fingerprint density at radius 2 is 1.71 bits per heavy atom. The van der Waals surface area contributed by atoms with E-state index in [1.807, 2.05) is 6.92 Å². The van der Waals surface area contributed by atoms with Gasteiger partial charge in [0.15, 0.2) is 0 Å². The lowest BCUT2D eigenvalue weighted by atomic mass is 10.2. The van der Waals surface area contributed by atoms with Crippen molar-refractivity contribution < 1.29 is 14.4 Å². The fourth-order valence-corrected chi connectivity index (χ4v) is 1.78. The molecule has 17 heavy (non-hydrogen) atoms. The van der Waals surface area contributed by atoms with Crippen molar-refractivity contribution in [3.63, 3.8) is 0 Å². The van der Waals surface area contributed by atoms with Crippen molar-refractivity contribution in [1.29, 1.82) is 0 Å². The summed E-state index contributed by atoms with van der Waals surface area (Å²) in [6.07, 6.45) is 0.852. The second-order valence-electron chi connectivity index (χ2n) is 4.07. The van der Waals surface area contributed by atoms with Gasteiger partial charge in [0.1, 0.15) is 0 Å². The predicted molar refractivity (Wildman–Crippen MR) is 62.1 cm³/mol. The number of piperazine rings is 1. The molecule has 0 spiro atoms. The summed E-state index contributed by atoms with van der Waals surface area (Å²) in [5, 5.41) is 2.61. The SMILES string of the molecule is CCCN1CCN(CCNC(C)=O)C(=O)C1=O. The zero-order valence-corrected chi connectivity index (χ0v) is 10.4. The Morgan fingerprint density at radius 1 is 1.18 bits per heavy atom. The minimum atomic E-state index is -0.463. The minimum Gasteiger partial charge on any atom is -0.355 e. The molecule has 0 radical (unpaired) electrons. The quantitative estimate of drug-likeness (QED) is 0.641. The fraction of sp³-hybridized carbons (Fsp3) is 0.727. The molecule has 1 aliphatic rings. The predicted octanol–water partition coefficient (Wildman–Crippen LogP) is -0.797. The second kappa shape index (κ2) is 6.22. The van der Waals surface area contributed by atoms with E-state index in [1.165, 1.54) is 11.8 Å². The van der Waals surface area contributed by atoms with Gasteiger partial charge >= 0.3 is 11.8 Å². The van der Waals surface area contributed by atoms with Gasteiger partial charge in [-0.15, -0.1) is 0 Å². The first kappa shape index (κ1) is 13.5. The van der Waals surface area contributed by atoms with Crippen molar-refractivity contribution >= 4 is 17.7 Å². The van der Waals surface area contributed by atoms with Crippen molar-refractivity contribution in [2.24, 2.45) is 0 Å². The van der Waals surface area contributed by atoms with Crippen LogP contribution in [0.25, 0.3) is 0 Å². The molecule has 0 saturated carbocycles. The number of carbonyl (C=O) groups is 3. The molecule has 1 aliphatic heterocycles. The lowest BCUT2D eigenvalue weighted by molar-refractivity contribution is -0.155. The molecule has 0 atom stereocenters. The van der Waals surface area contributed by atoms with E-state index in [2.05, 4.69) is 5.32 Å². The van der Waals surface area contributed by atoms with Crippen LogP contribution in [0.15, 0.2) is 0 Å². The molecule has 0 aromatic carbocycles. The maximum absolute atomic E-state index is 11.7. The average Bonchev–Trinajstić information content (AvgIpc) is 2.28. The molecular formula is C11H19N3O3. The van der Waals surface area contributed by atoms with Gasteiger partial charge in [-0.2, -0.15) is 0 Å². The van der Waals surface area contributed by atoms with E-state index in [0.717, 1.165) is 6.42 Å². The Bertz CT molecular complexity index is 317. The Labute approximate surface area is 101 Å². The van der Waals surface area contributed by atoms with Crippen LogP contribution in [0, 0.1) is 0 Å². The van der Waals surface area contributed by atoms with Gasteiger partial charge < -0.3 is 15.1 Å². The van der Waals surface area contributed by atoms with Gasteiger partial charge in [0, 0.05) is 39.6 Å². The molecular weight excluding hydrogens is 222 g/mol. The summed E-state index contributed by atoms with van der Waals surface area (Å²) >= 11 is 0. The molecule has 1 heterocycles. The highest BCUT2D eigenvalue weighted by molar-refractivity contribution is 6.35. The number of amides is 3.